The minimum Gasteiger partial charge on any atom is -0.392 e. The van der Waals surface area contributed by atoms with E-state index < -0.39 is 46.3 Å². The van der Waals surface area contributed by atoms with Gasteiger partial charge in [0, 0.05) is 26.8 Å². The summed E-state index contributed by atoms with van der Waals surface area (Å²) in [5.74, 6) is -2.69. The summed E-state index contributed by atoms with van der Waals surface area (Å²) >= 11 is 12.0. The van der Waals surface area contributed by atoms with Gasteiger partial charge in [-0.3, -0.25) is 20.2 Å². The Morgan fingerprint density at radius 3 is 2.69 bits per heavy atom. The highest BCUT2D eigenvalue weighted by Gasteiger charge is 2.68. The van der Waals surface area contributed by atoms with E-state index in [4.69, 9.17) is 23.2 Å². The molecule has 1 amide bonds. The lowest BCUT2D eigenvalue weighted by atomic mass is 9.74. The Balaban J connectivity index is 2.03. The van der Waals surface area contributed by atoms with Gasteiger partial charge in [0.15, 0.2) is 0 Å². The summed E-state index contributed by atoms with van der Waals surface area (Å²) in [5.41, 5.74) is -0.986. The molecule has 2 aromatic rings. The number of carbonyl (C=O) groups is 1. The second-order valence-electron chi connectivity index (χ2n) is 7.26. The molecule has 4 rings (SSSR count). The van der Waals surface area contributed by atoms with E-state index in [1.165, 1.54) is 31.2 Å². The third-order valence-corrected chi connectivity index (χ3v) is 6.19. The molecule has 0 aromatic heterocycles. The van der Waals surface area contributed by atoms with Gasteiger partial charge in [0.05, 0.1) is 17.0 Å². The van der Waals surface area contributed by atoms with E-state index in [0.29, 0.717) is 16.3 Å². The fourth-order valence-corrected chi connectivity index (χ4v) is 4.85. The van der Waals surface area contributed by atoms with Crippen LogP contribution in [0, 0.1) is 15.9 Å². The van der Waals surface area contributed by atoms with E-state index in [1.54, 1.807) is 12.1 Å². The van der Waals surface area contributed by atoms with Gasteiger partial charge in [0.25, 0.3) is 0 Å². The third-order valence-electron chi connectivity index (χ3n) is 5.66. The highest BCUT2D eigenvalue weighted by Crippen LogP contribution is 2.53. The summed E-state index contributed by atoms with van der Waals surface area (Å²) in [6.45, 7) is 1.38. The number of aliphatic hydroxyl groups excluding tert-OH is 1. The van der Waals surface area contributed by atoms with E-state index in [2.05, 4.69) is 10.6 Å². The second-order valence-corrected chi connectivity index (χ2v) is 8.10. The Morgan fingerprint density at radius 2 is 2.03 bits per heavy atom. The van der Waals surface area contributed by atoms with Crippen LogP contribution in [0.3, 0.4) is 0 Å². The number of benzene rings is 2. The zero-order valence-electron chi connectivity index (χ0n) is 15.0. The summed E-state index contributed by atoms with van der Waals surface area (Å²) in [6.07, 6.45) is -1.18. The molecule has 2 aliphatic rings. The molecular weight excluding hydrogens is 424 g/mol. The van der Waals surface area contributed by atoms with Crippen LogP contribution in [0.4, 0.5) is 10.1 Å². The molecule has 152 valence electrons. The summed E-state index contributed by atoms with van der Waals surface area (Å²) in [7, 11) is 0. The van der Waals surface area contributed by atoms with Crippen molar-refractivity contribution < 1.29 is 19.2 Å². The maximum atomic E-state index is 15.0. The number of aliphatic hydroxyl groups is 1. The number of nitrogens with one attached hydrogen (secondary N) is 2. The van der Waals surface area contributed by atoms with E-state index >= 15 is 4.39 Å². The lowest BCUT2D eigenvalue weighted by Crippen LogP contribution is -2.51. The lowest BCUT2D eigenvalue weighted by molar-refractivity contribution is -0.528. The van der Waals surface area contributed by atoms with Gasteiger partial charge < -0.3 is 10.4 Å². The molecule has 1 unspecified atom stereocenters. The zero-order chi connectivity index (χ0) is 21.1. The predicted molar refractivity (Wildman–Crippen MR) is 105 cm³/mol. The van der Waals surface area contributed by atoms with E-state index in [-0.39, 0.29) is 10.6 Å². The van der Waals surface area contributed by atoms with Gasteiger partial charge in [-0.05, 0) is 25.1 Å². The highest BCUT2D eigenvalue weighted by molar-refractivity contribution is 6.31. The topological polar surface area (TPSA) is 104 Å². The van der Waals surface area contributed by atoms with Crippen LogP contribution in [0.25, 0.3) is 0 Å². The van der Waals surface area contributed by atoms with Gasteiger partial charge in [-0.1, -0.05) is 41.4 Å². The number of nitro groups is 1. The molecule has 2 heterocycles. The van der Waals surface area contributed by atoms with E-state index in [0.717, 1.165) is 0 Å². The van der Waals surface area contributed by atoms with Crippen LogP contribution in [0.5, 0.6) is 0 Å². The lowest BCUT2D eigenvalue weighted by Gasteiger charge is -2.30. The van der Waals surface area contributed by atoms with Crippen LogP contribution in [0.1, 0.15) is 24.0 Å². The number of amides is 1. The SMILES string of the molecule is C[C@H](O)C1N[C@]2(C(=O)Nc3cc(Cl)ccc32)[C@H](c2cccc(Cl)c2F)[C@H]1[N+](=O)[O-]. The van der Waals surface area contributed by atoms with Crippen molar-refractivity contribution in [2.24, 2.45) is 0 Å². The van der Waals surface area contributed by atoms with Crippen LogP contribution < -0.4 is 10.6 Å². The van der Waals surface area contributed by atoms with E-state index in [1.807, 2.05) is 0 Å². The summed E-state index contributed by atoms with van der Waals surface area (Å²) in [4.78, 5) is 24.7. The summed E-state index contributed by atoms with van der Waals surface area (Å²) in [5, 5.41) is 28.1. The van der Waals surface area contributed by atoms with Crippen molar-refractivity contribution >= 4 is 34.8 Å². The van der Waals surface area contributed by atoms with Gasteiger partial charge in [-0.25, -0.2) is 4.39 Å². The normalized spacial score (nSPS) is 29.0. The van der Waals surface area contributed by atoms with Crippen molar-refractivity contribution in [3.63, 3.8) is 0 Å². The average molecular weight is 440 g/mol. The summed E-state index contributed by atoms with van der Waals surface area (Å²) in [6, 6.07) is 6.20. The van der Waals surface area contributed by atoms with Crippen molar-refractivity contribution in [1.29, 1.82) is 0 Å². The minimum absolute atomic E-state index is 0.0761. The molecule has 5 atom stereocenters. The standard InChI is InChI=1S/C19H16Cl2FN3O4/c1-8(26)16-17(25(28)29)14(10-3-2-4-12(21)15(10)22)19(24-16)11-6-5-9(20)7-13(11)23-18(19)27/h2-8,14,16-17,24,26H,1H3,(H,23,27)/t8-,14+,16?,17+,19-/m0/s1. The molecule has 1 spiro atoms. The molecule has 0 saturated carbocycles. The van der Waals surface area contributed by atoms with Gasteiger partial charge in [-0.15, -0.1) is 0 Å². The third kappa shape index (κ3) is 2.82. The number of hydrogen-bond donors (Lipinski definition) is 3. The van der Waals surface area contributed by atoms with Crippen molar-refractivity contribution in [1.82, 2.24) is 5.32 Å². The van der Waals surface area contributed by atoms with Crippen LogP contribution in [-0.2, 0) is 10.3 Å². The number of fused-ring (bicyclic) bond motifs is 2. The first-order valence-corrected chi connectivity index (χ1v) is 9.58. The number of anilines is 1. The zero-order valence-corrected chi connectivity index (χ0v) is 16.5. The smallest absolute Gasteiger partial charge is 0.250 e. The average Bonchev–Trinajstić information content (AvgIpc) is 3.14. The molecule has 2 aliphatic heterocycles. The first-order chi connectivity index (χ1) is 13.7. The predicted octanol–water partition coefficient (Wildman–Crippen LogP) is 3.06. The number of halogens is 3. The van der Waals surface area contributed by atoms with Crippen molar-refractivity contribution in [3.05, 3.63) is 73.5 Å². The highest BCUT2D eigenvalue weighted by atomic mass is 35.5. The second kappa shape index (κ2) is 6.91. The fraction of sp³-hybridized carbons (Fsp3) is 0.316. The van der Waals surface area contributed by atoms with Gasteiger partial charge in [-0.2, -0.15) is 0 Å². The monoisotopic (exact) mass is 439 g/mol. The van der Waals surface area contributed by atoms with Crippen molar-refractivity contribution in [2.45, 2.75) is 36.6 Å². The quantitative estimate of drug-likeness (QED) is 0.503. The molecule has 1 fully saturated rings. The van der Waals surface area contributed by atoms with Gasteiger partial charge >= 0.3 is 0 Å². The van der Waals surface area contributed by atoms with Crippen LogP contribution in [0.15, 0.2) is 36.4 Å². The van der Waals surface area contributed by atoms with Gasteiger partial charge in [0.1, 0.15) is 17.4 Å². The largest absolute Gasteiger partial charge is 0.392 e. The molecule has 1 saturated heterocycles. The minimum atomic E-state index is -1.68. The Kier molecular flexibility index (Phi) is 4.77. The number of nitrogens with zero attached hydrogens (tertiary/aromatic N) is 1. The first kappa shape index (κ1) is 20.0. The molecule has 7 nitrogen and oxygen atoms in total. The molecule has 0 aliphatic carbocycles. The molecular formula is C19H16Cl2FN3O4. The number of carbonyl (C=O) groups excluding carboxylic acids is 1. The van der Waals surface area contributed by atoms with Crippen molar-refractivity contribution in [2.75, 3.05) is 5.32 Å². The Labute approximate surface area is 175 Å². The Morgan fingerprint density at radius 1 is 1.31 bits per heavy atom. The van der Waals surface area contributed by atoms with Crippen LogP contribution in [-0.4, -0.2) is 34.1 Å². The molecule has 0 radical (unpaired) electrons. The fourth-order valence-electron chi connectivity index (χ4n) is 4.50. The maximum Gasteiger partial charge on any atom is 0.250 e. The van der Waals surface area contributed by atoms with Gasteiger partial charge in [0.2, 0.25) is 11.9 Å². The molecule has 10 heteroatoms. The maximum absolute atomic E-state index is 15.0. The molecule has 29 heavy (non-hydrogen) atoms. The molecule has 2 aromatic carbocycles. The molecule has 3 N–H and O–H groups in total. The Hall–Kier alpha value is -2.26. The van der Waals surface area contributed by atoms with Crippen LogP contribution in [0.2, 0.25) is 10.0 Å². The first-order valence-electron chi connectivity index (χ1n) is 8.83. The number of hydrogen-bond acceptors (Lipinski definition) is 5. The summed E-state index contributed by atoms with van der Waals surface area (Å²) < 4.78 is 15.0. The van der Waals surface area contributed by atoms with E-state index in [9.17, 15) is 20.0 Å². The van der Waals surface area contributed by atoms with Crippen molar-refractivity contribution in [3.8, 4) is 0 Å². The van der Waals surface area contributed by atoms with Crippen LogP contribution >= 0.6 is 23.2 Å². The Bertz CT molecular complexity index is 1030. The molecule has 0 bridgehead atoms. The number of rotatable bonds is 3.